The van der Waals surface area contributed by atoms with Crippen LogP contribution in [0.2, 0.25) is 4.34 Å². The monoisotopic (exact) mass is 273 g/mol. The molecule has 17 heavy (non-hydrogen) atoms. The van der Waals surface area contributed by atoms with Gasteiger partial charge in [-0.2, -0.15) is 0 Å². The Morgan fingerprint density at radius 2 is 2.06 bits per heavy atom. The van der Waals surface area contributed by atoms with Crippen LogP contribution in [0.1, 0.15) is 57.4 Å². The van der Waals surface area contributed by atoms with E-state index in [0.29, 0.717) is 12.0 Å². The molecule has 0 saturated heterocycles. The van der Waals surface area contributed by atoms with Crippen molar-refractivity contribution in [1.29, 1.82) is 0 Å². The summed E-state index contributed by atoms with van der Waals surface area (Å²) >= 11 is 7.75. The summed E-state index contributed by atoms with van der Waals surface area (Å²) in [4.78, 5) is 1.38. The number of nitrogens with one attached hydrogen (secondary N) is 1. The molecule has 1 N–H and O–H groups in total. The van der Waals surface area contributed by atoms with Crippen LogP contribution in [0.5, 0.6) is 0 Å². The molecule has 1 rings (SSSR count). The van der Waals surface area contributed by atoms with E-state index in [1.54, 1.807) is 11.3 Å². The number of thiophene rings is 1. The molecule has 2 unspecified atom stereocenters. The van der Waals surface area contributed by atoms with Gasteiger partial charge in [0, 0.05) is 10.9 Å². The number of hydrogen-bond donors (Lipinski definition) is 1. The fourth-order valence-electron chi connectivity index (χ4n) is 2.07. The second-order valence-electron chi connectivity index (χ2n) is 4.69. The van der Waals surface area contributed by atoms with Gasteiger partial charge in [-0.15, -0.1) is 11.3 Å². The third-order valence-corrected chi connectivity index (χ3v) is 4.41. The topological polar surface area (TPSA) is 12.0 Å². The van der Waals surface area contributed by atoms with Crippen molar-refractivity contribution in [3.8, 4) is 0 Å². The first kappa shape index (κ1) is 15.0. The van der Waals surface area contributed by atoms with Gasteiger partial charge in [0.1, 0.15) is 0 Å². The van der Waals surface area contributed by atoms with Crippen LogP contribution in [0.4, 0.5) is 0 Å². The van der Waals surface area contributed by atoms with Gasteiger partial charge in [0.25, 0.3) is 0 Å². The maximum Gasteiger partial charge on any atom is 0.0931 e. The predicted molar refractivity (Wildman–Crippen MR) is 79.1 cm³/mol. The Balaban J connectivity index is 2.65. The molecule has 0 fully saturated rings. The summed E-state index contributed by atoms with van der Waals surface area (Å²) in [6.45, 7) is 7.89. The molecule has 3 heteroatoms. The summed E-state index contributed by atoms with van der Waals surface area (Å²) in [5.74, 6) is 0.677. The summed E-state index contributed by atoms with van der Waals surface area (Å²) in [7, 11) is 0. The molecule has 1 aromatic heterocycles. The highest BCUT2D eigenvalue weighted by atomic mass is 35.5. The number of hydrogen-bond acceptors (Lipinski definition) is 2. The number of rotatable bonds is 8. The van der Waals surface area contributed by atoms with E-state index in [-0.39, 0.29) is 0 Å². The van der Waals surface area contributed by atoms with Crippen LogP contribution in [0.15, 0.2) is 12.1 Å². The van der Waals surface area contributed by atoms with Gasteiger partial charge in [0.15, 0.2) is 0 Å². The van der Waals surface area contributed by atoms with E-state index in [1.807, 2.05) is 6.07 Å². The molecule has 0 aliphatic rings. The van der Waals surface area contributed by atoms with Crippen LogP contribution in [0.25, 0.3) is 0 Å². The first-order valence-electron chi connectivity index (χ1n) is 6.67. The summed E-state index contributed by atoms with van der Waals surface area (Å²) in [6.07, 6.45) is 5.05. The SMILES string of the molecule is CCCCC(C)C(NCCC)c1ccc(Cl)s1. The van der Waals surface area contributed by atoms with E-state index in [1.165, 1.54) is 30.6 Å². The Morgan fingerprint density at radius 1 is 1.29 bits per heavy atom. The standard InChI is InChI=1S/C14H24ClNS/c1-4-6-7-11(3)14(16-10-5-2)12-8-9-13(15)17-12/h8-9,11,14,16H,4-7,10H2,1-3H3. The molecular formula is C14H24ClNS. The summed E-state index contributed by atoms with van der Waals surface area (Å²) in [6, 6.07) is 4.65. The zero-order valence-electron chi connectivity index (χ0n) is 11.1. The Kier molecular flexibility index (Phi) is 7.17. The van der Waals surface area contributed by atoms with E-state index in [4.69, 9.17) is 11.6 Å². The van der Waals surface area contributed by atoms with Crippen LogP contribution >= 0.6 is 22.9 Å². The lowest BCUT2D eigenvalue weighted by Crippen LogP contribution is -2.27. The van der Waals surface area contributed by atoms with Gasteiger partial charge in [0.05, 0.1) is 4.34 Å². The van der Waals surface area contributed by atoms with Gasteiger partial charge >= 0.3 is 0 Å². The largest absolute Gasteiger partial charge is 0.309 e. The third kappa shape index (κ3) is 4.99. The van der Waals surface area contributed by atoms with Gasteiger partial charge in [-0.05, 0) is 37.4 Å². The molecule has 1 aromatic rings. The van der Waals surface area contributed by atoms with Crippen molar-refractivity contribution in [3.63, 3.8) is 0 Å². The van der Waals surface area contributed by atoms with Gasteiger partial charge in [-0.1, -0.05) is 45.2 Å². The molecule has 0 amide bonds. The zero-order valence-corrected chi connectivity index (χ0v) is 12.7. The summed E-state index contributed by atoms with van der Waals surface area (Å²) < 4.78 is 0.894. The third-order valence-electron chi connectivity index (χ3n) is 3.10. The van der Waals surface area contributed by atoms with Gasteiger partial charge in [0.2, 0.25) is 0 Å². The fourth-order valence-corrected chi connectivity index (χ4v) is 3.34. The lowest BCUT2D eigenvalue weighted by Gasteiger charge is -2.24. The maximum absolute atomic E-state index is 6.04. The summed E-state index contributed by atoms with van der Waals surface area (Å²) in [5, 5.41) is 3.66. The van der Waals surface area contributed by atoms with Crippen LogP contribution < -0.4 is 5.32 Å². The minimum absolute atomic E-state index is 0.471. The van der Waals surface area contributed by atoms with E-state index in [2.05, 4.69) is 32.2 Å². The summed E-state index contributed by atoms with van der Waals surface area (Å²) in [5.41, 5.74) is 0. The highest BCUT2D eigenvalue weighted by Crippen LogP contribution is 2.33. The predicted octanol–water partition coefficient (Wildman–Crippen LogP) is 5.27. The molecular weight excluding hydrogens is 250 g/mol. The first-order chi connectivity index (χ1) is 8.19. The van der Waals surface area contributed by atoms with Crippen molar-refractivity contribution in [2.24, 2.45) is 5.92 Å². The Morgan fingerprint density at radius 3 is 2.59 bits per heavy atom. The molecule has 0 spiro atoms. The number of halogens is 1. The van der Waals surface area contributed by atoms with E-state index < -0.39 is 0 Å². The Bertz CT molecular complexity index is 311. The molecule has 0 aromatic carbocycles. The minimum atomic E-state index is 0.471. The lowest BCUT2D eigenvalue weighted by molar-refractivity contribution is 0.362. The second-order valence-corrected chi connectivity index (χ2v) is 6.44. The van der Waals surface area contributed by atoms with Crippen molar-refractivity contribution < 1.29 is 0 Å². The highest BCUT2D eigenvalue weighted by molar-refractivity contribution is 7.16. The second kappa shape index (κ2) is 8.12. The Hall–Kier alpha value is -0.0500. The van der Waals surface area contributed by atoms with Gasteiger partial charge < -0.3 is 5.32 Å². The van der Waals surface area contributed by atoms with Crippen molar-refractivity contribution in [2.45, 2.75) is 52.5 Å². The van der Waals surface area contributed by atoms with Crippen LogP contribution in [0, 0.1) is 5.92 Å². The average Bonchev–Trinajstić information content (AvgIpc) is 2.73. The van der Waals surface area contributed by atoms with Crippen LogP contribution in [-0.2, 0) is 0 Å². The molecule has 0 radical (unpaired) electrons. The molecule has 0 aliphatic carbocycles. The average molecular weight is 274 g/mol. The van der Waals surface area contributed by atoms with Crippen molar-refractivity contribution >= 4 is 22.9 Å². The molecule has 0 bridgehead atoms. The fraction of sp³-hybridized carbons (Fsp3) is 0.714. The Labute approximate surface area is 115 Å². The molecule has 0 aliphatic heterocycles. The molecule has 0 saturated carbocycles. The van der Waals surface area contributed by atoms with Gasteiger partial charge in [-0.25, -0.2) is 0 Å². The maximum atomic E-state index is 6.04. The number of unbranched alkanes of at least 4 members (excludes halogenated alkanes) is 1. The van der Waals surface area contributed by atoms with E-state index in [0.717, 1.165) is 10.9 Å². The van der Waals surface area contributed by atoms with Crippen molar-refractivity contribution in [3.05, 3.63) is 21.3 Å². The highest BCUT2D eigenvalue weighted by Gasteiger charge is 2.19. The molecule has 98 valence electrons. The van der Waals surface area contributed by atoms with E-state index in [9.17, 15) is 0 Å². The molecule has 2 atom stereocenters. The van der Waals surface area contributed by atoms with Gasteiger partial charge in [-0.3, -0.25) is 0 Å². The van der Waals surface area contributed by atoms with E-state index >= 15 is 0 Å². The van der Waals surface area contributed by atoms with Crippen LogP contribution in [-0.4, -0.2) is 6.54 Å². The molecule has 1 nitrogen and oxygen atoms in total. The van der Waals surface area contributed by atoms with Crippen LogP contribution in [0.3, 0.4) is 0 Å². The van der Waals surface area contributed by atoms with Crippen molar-refractivity contribution in [2.75, 3.05) is 6.54 Å². The van der Waals surface area contributed by atoms with Crippen molar-refractivity contribution in [1.82, 2.24) is 5.32 Å². The molecule has 1 heterocycles. The first-order valence-corrected chi connectivity index (χ1v) is 7.87. The zero-order chi connectivity index (χ0) is 12.7. The normalized spacial score (nSPS) is 14.8. The quantitative estimate of drug-likeness (QED) is 0.680. The smallest absolute Gasteiger partial charge is 0.0931 e. The minimum Gasteiger partial charge on any atom is -0.309 e. The lowest BCUT2D eigenvalue weighted by atomic mass is 9.94.